The van der Waals surface area contributed by atoms with Crippen LogP contribution in [0.4, 0.5) is 9.59 Å². The Morgan fingerprint density at radius 1 is 0.719 bits per heavy atom. The molecule has 2 amide bonds. The van der Waals surface area contributed by atoms with Crippen LogP contribution in [0.1, 0.15) is 90.0 Å². The first-order valence-corrected chi connectivity index (χ1v) is 18.7. The first kappa shape index (κ1) is 44.7. The van der Waals surface area contributed by atoms with Crippen LogP contribution in [-0.4, -0.2) is 132 Å². The van der Waals surface area contributed by atoms with Crippen LogP contribution < -0.4 is 14.2 Å². The molecule has 2 aromatic carbocycles. The number of morpholine rings is 2. The van der Waals surface area contributed by atoms with Crippen molar-refractivity contribution in [2.45, 2.75) is 104 Å². The molecule has 0 saturated carbocycles. The third-order valence-corrected chi connectivity index (χ3v) is 8.14. The lowest BCUT2D eigenvalue weighted by Crippen LogP contribution is -2.52. The van der Waals surface area contributed by atoms with Gasteiger partial charge in [0.05, 0.1) is 45.1 Å². The van der Waals surface area contributed by atoms with Crippen LogP contribution in [0.5, 0.6) is 23.0 Å². The number of amides is 2. The first-order valence-electron chi connectivity index (χ1n) is 18.7. The van der Waals surface area contributed by atoms with E-state index in [1.54, 1.807) is 62.9 Å². The van der Waals surface area contributed by atoms with E-state index in [0.717, 1.165) is 0 Å². The van der Waals surface area contributed by atoms with Crippen molar-refractivity contribution in [1.29, 1.82) is 0 Å². The summed E-state index contributed by atoms with van der Waals surface area (Å²) in [5.41, 5.74) is -0.767. The molecule has 2 saturated heterocycles. The van der Waals surface area contributed by atoms with Gasteiger partial charge in [0, 0.05) is 40.8 Å². The number of ether oxygens (including phenoxy) is 9. The molecular weight excluding hydrogens is 748 g/mol. The number of aromatic hydroxyl groups is 1. The average molecular weight is 805 g/mol. The number of carbonyl (C=O) groups is 4. The van der Waals surface area contributed by atoms with Gasteiger partial charge in [-0.25, -0.2) is 19.2 Å². The van der Waals surface area contributed by atoms with Gasteiger partial charge in [-0.15, -0.1) is 0 Å². The fraction of sp³-hybridized carbons (Fsp3) is 0.600. The molecule has 2 atom stereocenters. The van der Waals surface area contributed by atoms with Gasteiger partial charge >= 0.3 is 24.1 Å². The molecule has 17 nitrogen and oxygen atoms in total. The van der Waals surface area contributed by atoms with Crippen LogP contribution in [0.25, 0.3) is 0 Å². The van der Waals surface area contributed by atoms with E-state index in [0.29, 0.717) is 56.8 Å². The van der Waals surface area contributed by atoms with Crippen molar-refractivity contribution in [3.8, 4) is 23.0 Å². The lowest BCUT2D eigenvalue weighted by atomic mass is 10.1. The van der Waals surface area contributed by atoms with Crippen molar-refractivity contribution in [2.75, 3.05) is 52.7 Å². The van der Waals surface area contributed by atoms with Gasteiger partial charge in [-0.2, -0.15) is 0 Å². The largest absolute Gasteiger partial charge is 0.507 e. The predicted molar refractivity (Wildman–Crippen MR) is 202 cm³/mol. The highest BCUT2D eigenvalue weighted by molar-refractivity contribution is 5.97. The molecular formula is C40H56N2O15. The van der Waals surface area contributed by atoms with Gasteiger partial charge < -0.3 is 52.8 Å². The number of carbonyl (C=O) groups excluding carboxylic acids is 4. The summed E-state index contributed by atoms with van der Waals surface area (Å²) in [5.74, 6) is -2.10. The van der Waals surface area contributed by atoms with E-state index < -0.39 is 40.8 Å². The predicted octanol–water partition coefficient (Wildman–Crippen LogP) is 5.28. The van der Waals surface area contributed by atoms with Crippen LogP contribution >= 0.6 is 0 Å². The third kappa shape index (κ3) is 12.8. The van der Waals surface area contributed by atoms with E-state index in [2.05, 4.69) is 0 Å². The Bertz CT molecular complexity index is 1750. The number of nitrogens with zero attached hydrogens (tertiary/aromatic N) is 2. The molecule has 0 aromatic heterocycles. The summed E-state index contributed by atoms with van der Waals surface area (Å²) < 4.78 is 48.6. The Hall–Kier alpha value is -5.00. The standard InChI is InChI=1S/C20H27NO7.C10H19NO4.C10H10O4/c1-19(2,3)28-18(23)21-9-10-24-11-13(21)12-25-14-7-6-8-15-16(14)17(22)27-20(4,5)26-15;1-10(2,3)15-9(13)11-4-5-14-7-8(11)6-12;1-10(2)13-7-5-3-4-6(11)8(7)9(12)14-10/h6-8,13H,9-12H2,1-5H3;8,12H,4-7H2,1-3H3;3-5,11H,1-2H3/t13-;8-;/m01./s1. The van der Waals surface area contributed by atoms with Crippen molar-refractivity contribution in [1.82, 2.24) is 9.80 Å². The number of phenolic OH excluding ortho intramolecular Hbond substituents is 1. The Morgan fingerprint density at radius 3 is 1.68 bits per heavy atom. The van der Waals surface area contributed by atoms with Gasteiger partial charge in [0.25, 0.3) is 0 Å². The number of hydrogen-bond acceptors (Lipinski definition) is 15. The molecule has 0 spiro atoms. The number of fused-ring (bicyclic) bond motifs is 2. The lowest BCUT2D eigenvalue weighted by molar-refractivity contribution is -0.128. The quantitative estimate of drug-likeness (QED) is 0.299. The van der Waals surface area contributed by atoms with Crippen LogP contribution in [0.2, 0.25) is 0 Å². The highest BCUT2D eigenvalue weighted by Crippen LogP contribution is 2.38. The molecule has 4 heterocycles. The van der Waals surface area contributed by atoms with Gasteiger partial charge in [0.2, 0.25) is 11.6 Å². The molecule has 4 aliphatic rings. The minimum atomic E-state index is -1.03. The average Bonchev–Trinajstić information content (AvgIpc) is 3.08. The van der Waals surface area contributed by atoms with Crippen LogP contribution in [0, 0.1) is 0 Å². The normalized spacial score (nSPS) is 20.8. The Balaban J connectivity index is 0.000000209. The fourth-order valence-corrected chi connectivity index (χ4v) is 5.75. The number of rotatable bonds is 4. The first-order chi connectivity index (χ1) is 26.5. The maximum Gasteiger partial charge on any atom is 0.410 e. The molecule has 6 rings (SSSR count). The summed E-state index contributed by atoms with van der Waals surface area (Å²) in [5, 5.41) is 18.5. The number of benzene rings is 2. The van der Waals surface area contributed by atoms with Gasteiger partial charge in [-0.3, -0.25) is 9.80 Å². The van der Waals surface area contributed by atoms with E-state index >= 15 is 0 Å². The fourth-order valence-electron chi connectivity index (χ4n) is 5.75. The minimum Gasteiger partial charge on any atom is -0.507 e. The summed E-state index contributed by atoms with van der Waals surface area (Å²) >= 11 is 0. The van der Waals surface area contributed by atoms with E-state index in [9.17, 15) is 24.3 Å². The van der Waals surface area contributed by atoms with E-state index in [1.165, 1.54) is 11.0 Å². The number of aliphatic hydroxyl groups is 1. The molecule has 0 aliphatic carbocycles. The molecule has 2 aromatic rings. The SMILES string of the molecule is CC(C)(C)OC(=O)N1CCOC[C@H]1CO.CC(C)(C)OC(=O)N1CCOC[C@H]1COc1cccc2c1C(=O)OC(C)(C)O2.CC1(C)OC(=O)c2c(O)cccc2O1. The second-order valence-electron chi connectivity index (χ2n) is 16.4. The van der Waals surface area contributed by atoms with Gasteiger partial charge in [0.1, 0.15) is 51.9 Å². The Kier molecular flexibility index (Phi) is 14.2. The highest BCUT2D eigenvalue weighted by Gasteiger charge is 2.38. The van der Waals surface area contributed by atoms with Crippen molar-refractivity contribution in [2.24, 2.45) is 0 Å². The van der Waals surface area contributed by atoms with Crippen molar-refractivity contribution in [3.63, 3.8) is 0 Å². The van der Waals surface area contributed by atoms with Crippen molar-refractivity contribution < 1.29 is 72.0 Å². The van der Waals surface area contributed by atoms with Crippen LogP contribution in [0.3, 0.4) is 0 Å². The maximum atomic E-state index is 12.5. The summed E-state index contributed by atoms with van der Waals surface area (Å²) in [6, 6.07) is 9.14. The molecule has 57 heavy (non-hydrogen) atoms. The molecule has 0 bridgehead atoms. The summed E-state index contributed by atoms with van der Waals surface area (Å²) in [6.07, 6.45) is -0.797. The molecule has 2 fully saturated rings. The van der Waals surface area contributed by atoms with Gasteiger partial charge in [-0.05, 0) is 65.8 Å². The zero-order chi connectivity index (χ0) is 42.3. The van der Waals surface area contributed by atoms with E-state index in [-0.39, 0.29) is 48.3 Å². The van der Waals surface area contributed by atoms with Gasteiger partial charge in [0.15, 0.2) is 0 Å². The summed E-state index contributed by atoms with van der Waals surface area (Å²) in [6.45, 7) is 20.1. The van der Waals surface area contributed by atoms with Crippen molar-refractivity contribution in [3.05, 3.63) is 47.5 Å². The van der Waals surface area contributed by atoms with E-state index in [1.807, 2.05) is 41.5 Å². The topological polar surface area (TPSA) is 198 Å². The summed E-state index contributed by atoms with van der Waals surface area (Å²) in [4.78, 5) is 51.2. The molecule has 316 valence electrons. The number of aliphatic hydroxyl groups excluding tert-OH is 1. The van der Waals surface area contributed by atoms with Crippen LogP contribution in [0.15, 0.2) is 36.4 Å². The van der Waals surface area contributed by atoms with E-state index in [4.69, 9.17) is 47.7 Å². The number of phenols is 1. The number of esters is 2. The molecule has 4 aliphatic heterocycles. The molecule has 2 N–H and O–H groups in total. The lowest BCUT2D eigenvalue weighted by Gasteiger charge is -2.36. The minimum absolute atomic E-state index is 0.0897. The zero-order valence-corrected chi connectivity index (χ0v) is 34.4. The number of hydrogen-bond donors (Lipinski definition) is 2. The maximum absolute atomic E-state index is 12.5. The second kappa shape index (κ2) is 18.1. The Morgan fingerprint density at radius 2 is 1.18 bits per heavy atom. The molecule has 17 heteroatoms. The van der Waals surface area contributed by atoms with Crippen molar-refractivity contribution >= 4 is 24.1 Å². The second-order valence-corrected chi connectivity index (χ2v) is 16.4. The molecule has 0 unspecified atom stereocenters. The van der Waals surface area contributed by atoms with Gasteiger partial charge in [-0.1, -0.05) is 12.1 Å². The smallest absolute Gasteiger partial charge is 0.410 e. The molecule has 0 radical (unpaired) electrons. The zero-order valence-electron chi connectivity index (χ0n) is 34.4. The third-order valence-electron chi connectivity index (χ3n) is 8.14. The highest BCUT2D eigenvalue weighted by atomic mass is 16.7. The van der Waals surface area contributed by atoms with Crippen LogP contribution in [-0.2, 0) is 28.4 Å². The monoisotopic (exact) mass is 804 g/mol. The summed E-state index contributed by atoms with van der Waals surface area (Å²) in [7, 11) is 0. The Labute approximate surface area is 332 Å². The number of cyclic esters (lactones) is 2.